The molecule has 5 rings (SSSR count). The molecule has 0 amide bonds. The first-order valence-electron chi connectivity index (χ1n) is 12.3. The summed E-state index contributed by atoms with van der Waals surface area (Å²) in [5.74, 6) is 2.62. The Balaban J connectivity index is 0.000000775. The lowest BCUT2D eigenvalue weighted by molar-refractivity contribution is -0.0808. The van der Waals surface area contributed by atoms with Crippen molar-refractivity contribution in [3.8, 4) is 11.5 Å². The molecule has 3 nitrogen and oxygen atoms in total. The smallest absolute Gasteiger partial charge is 0.289 e. The zero-order chi connectivity index (χ0) is 23.5. The fourth-order valence-corrected chi connectivity index (χ4v) is 8.32. The second kappa shape index (κ2) is 7.88. The molecule has 0 spiro atoms. The largest absolute Gasteiger partial charge is 0.504 e. The topological polar surface area (TPSA) is 57.5 Å². The first kappa shape index (κ1) is 23.3. The zero-order valence-corrected chi connectivity index (χ0v) is 20.3. The van der Waals surface area contributed by atoms with E-state index in [9.17, 15) is 14.6 Å². The van der Waals surface area contributed by atoms with Crippen LogP contribution in [-0.2, 0) is 16.6 Å². The molecular weight excluding hydrogens is 403 g/mol. The number of phenols is 2. The standard InChI is InChI=1S/C27H38O2.CHFO/c1-16-8-10-25(3)12-13-27(5)19(21(25)14-16)9-11-26(4)20-15-22(28)24(29)17(2)18(20)6-7-23(26)27;2-1-3/h7,15-16,19,21,28-29H,6,8-14H2,1-5H3;1H. The maximum absolute atomic E-state index is 10.4. The Morgan fingerprint density at radius 1 is 1.06 bits per heavy atom. The van der Waals surface area contributed by atoms with Crippen LogP contribution in [0.25, 0.3) is 0 Å². The molecule has 1 aromatic rings. The van der Waals surface area contributed by atoms with E-state index in [1.165, 1.54) is 49.7 Å². The van der Waals surface area contributed by atoms with Crippen molar-refractivity contribution in [2.75, 3.05) is 0 Å². The second-order valence-corrected chi connectivity index (χ2v) is 11.8. The minimum atomic E-state index is -0.750. The van der Waals surface area contributed by atoms with Crippen LogP contribution >= 0.6 is 0 Å². The van der Waals surface area contributed by atoms with Gasteiger partial charge in [0, 0.05) is 5.41 Å². The van der Waals surface area contributed by atoms with Gasteiger partial charge in [0.25, 0.3) is 6.54 Å². The molecule has 0 bridgehead atoms. The summed E-state index contributed by atoms with van der Waals surface area (Å²) in [6.07, 6.45) is 12.8. The number of hydrogen-bond donors (Lipinski definition) is 2. The van der Waals surface area contributed by atoms with Gasteiger partial charge < -0.3 is 10.2 Å². The van der Waals surface area contributed by atoms with E-state index in [1.54, 1.807) is 5.57 Å². The molecule has 2 N–H and O–H groups in total. The van der Waals surface area contributed by atoms with Gasteiger partial charge in [-0.05, 0) is 103 Å². The third-order valence-electron chi connectivity index (χ3n) is 10.2. The van der Waals surface area contributed by atoms with Crippen LogP contribution in [0.5, 0.6) is 11.5 Å². The van der Waals surface area contributed by atoms with Crippen LogP contribution in [0.3, 0.4) is 0 Å². The van der Waals surface area contributed by atoms with Crippen LogP contribution in [-0.4, -0.2) is 16.8 Å². The molecule has 0 aromatic heterocycles. The summed E-state index contributed by atoms with van der Waals surface area (Å²) in [6.45, 7) is 11.2. The summed E-state index contributed by atoms with van der Waals surface area (Å²) in [6, 6.07) is 1.88. The Morgan fingerprint density at radius 3 is 2.44 bits per heavy atom. The van der Waals surface area contributed by atoms with Gasteiger partial charge in [0.2, 0.25) is 0 Å². The van der Waals surface area contributed by atoms with Gasteiger partial charge in [-0.2, -0.15) is 4.39 Å². The van der Waals surface area contributed by atoms with Gasteiger partial charge in [-0.25, -0.2) is 0 Å². The predicted molar refractivity (Wildman–Crippen MR) is 126 cm³/mol. The van der Waals surface area contributed by atoms with Gasteiger partial charge in [0.1, 0.15) is 0 Å². The van der Waals surface area contributed by atoms with Gasteiger partial charge in [0.05, 0.1) is 0 Å². The van der Waals surface area contributed by atoms with E-state index in [-0.39, 0.29) is 22.3 Å². The number of benzene rings is 1. The molecule has 3 saturated carbocycles. The number of fused-ring (bicyclic) bond motifs is 7. The number of carbonyl (C=O) groups excluding carboxylic acids is 1. The molecule has 4 aliphatic carbocycles. The van der Waals surface area contributed by atoms with Crippen LogP contribution < -0.4 is 0 Å². The normalized spacial score (nSPS) is 39.8. The van der Waals surface area contributed by atoms with E-state index < -0.39 is 6.54 Å². The fourth-order valence-electron chi connectivity index (χ4n) is 8.32. The van der Waals surface area contributed by atoms with Crippen molar-refractivity contribution in [2.45, 2.75) is 91.4 Å². The summed E-state index contributed by atoms with van der Waals surface area (Å²) >= 11 is 0. The van der Waals surface area contributed by atoms with Crippen LogP contribution in [0.1, 0.15) is 89.3 Å². The van der Waals surface area contributed by atoms with Gasteiger partial charge in [-0.3, -0.25) is 4.79 Å². The molecule has 1 aromatic carbocycles. The number of allylic oxidation sites excluding steroid dienone is 2. The maximum Gasteiger partial charge on any atom is 0.289 e. The summed E-state index contributed by atoms with van der Waals surface area (Å²) in [4.78, 5) is 8.14. The van der Waals surface area contributed by atoms with E-state index in [0.29, 0.717) is 5.41 Å². The van der Waals surface area contributed by atoms with Gasteiger partial charge >= 0.3 is 0 Å². The first-order chi connectivity index (χ1) is 15.0. The number of halogens is 1. The van der Waals surface area contributed by atoms with Gasteiger partial charge in [-0.1, -0.05) is 45.8 Å². The van der Waals surface area contributed by atoms with Crippen LogP contribution in [0.2, 0.25) is 0 Å². The number of phenolic OH excluding ortho intramolecular Hbond substituents is 2. The molecule has 0 heterocycles. The van der Waals surface area contributed by atoms with Crippen LogP contribution in [0.4, 0.5) is 4.39 Å². The minimum Gasteiger partial charge on any atom is -0.504 e. The highest BCUT2D eigenvalue weighted by Gasteiger charge is 2.59. The maximum atomic E-state index is 10.4. The minimum absolute atomic E-state index is 0.0111. The Hall–Kier alpha value is -1.84. The van der Waals surface area contributed by atoms with Crippen molar-refractivity contribution in [1.82, 2.24) is 0 Å². The van der Waals surface area contributed by atoms with Gasteiger partial charge in [0.15, 0.2) is 11.5 Å². The quantitative estimate of drug-likeness (QED) is 0.198. The Morgan fingerprint density at radius 2 is 1.75 bits per heavy atom. The van der Waals surface area contributed by atoms with Crippen molar-refractivity contribution in [1.29, 1.82) is 0 Å². The number of aromatic hydroxyl groups is 2. The number of carbonyl (C=O) groups is 1. The van der Waals surface area contributed by atoms with Crippen molar-refractivity contribution >= 4 is 6.54 Å². The van der Waals surface area contributed by atoms with Crippen molar-refractivity contribution < 1.29 is 19.4 Å². The van der Waals surface area contributed by atoms with E-state index in [4.69, 9.17) is 4.79 Å². The third-order valence-corrected chi connectivity index (χ3v) is 10.2. The Bertz CT molecular complexity index is 952. The van der Waals surface area contributed by atoms with E-state index >= 15 is 0 Å². The van der Waals surface area contributed by atoms with Crippen LogP contribution in [0.15, 0.2) is 17.7 Å². The summed E-state index contributed by atoms with van der Waals surface area (Å²) < 4.78 is 9.61. The van der Waals surface area contributed by atoms with Gasteiger partial charge in [-0.15, -0.1) is 0 Å². The van der Waals surface area contributed by atoms with Crippen molar-refractivity contribution in [3.05, 3.63) is 34.4 Å². The lowest BCUT2D eigenvalue weighted by atomic mass is 9.41. The van der Waals surface area contributed by atoms with Crippen LogP contribution in [0, 0.1) is 35.5 Å². The molecule has 6 atom stereocenters. The molecule has 32 heavy (non-hydrogen) atoms. The molecule has 0 saturated heterocycles. The monoisotopic (exact) mass is 442 g/mol. The molecule has 0 radical (unpaired) electrons. The molecule has 0 aliphatic heterocycles. The SMILES string of the molecule is Cc1c(O)c(O)cc2c1CC=C1C2(C)CCC2C3CC(C)CCC3(C)CCC12C.O=CF. The highest BCUT2D eigenvalue weighted by molar-refractivity contribution is 5.60. The van der Waals surface area contributed by atoms with E-state index in [0.717, 1.165) is 36.2 Å². The lowest BCUT2D eigenvalue weighted by Gasteiger charge is -2.64. The molecule has 176 valence electrons. The molecule has 3 fully saturated rings. The number of rotatable bonds is 0. The Kier molecular flexibility index (Phi) is 5.75. The average Bonchev–Trinajstić information content (AvgIpc) is 2.74. The average molecular weight is 443 g/mol. The Labute approximate surface area is 192 Å². The summed E-state index contributed by atoms with van der Waals surface area (Å²) in [7, 11) is 0. The molecule has 4 aliphatic rings. The fraction of sp³-hybridized carbons (Fsp3) is 0.679. The zero-order valence-electron chi connectivity index (χ0n) is 20.3. The predicted octanol–water partition coefficient (Wildman–Crippen LogP) is 6.95. The third kappa shape index (κ3) is 3.23. The highest BCUT2D eigenvalue weighted by Crippen LogP contribution is 2.68. The second-order valence-electron chi connectivity index (χ2n) is 11.8. The van der Waals surface area contributed by atoms with Crippen molar-refractivity contribution in [2.24, 2.45) is 28.6 Å². The van der Waals surface area contributed by atoms with E-state index in [1.807, 2.05) is 13.0 Å². The summed E-state index contributed by atoms with van der Waals surface area (Å²) in [5.41, 5.74) is 5.81. The molecular formula is C28H39FO3. The van der Waals surface area contributed by atoms with E-state index in [2.05, 4.69) is 33.8 Å². The molecule has 4 heteroatoms. The lowest BCUT2D eigenvalue weighted by Crippen LogP contribution is -2.55. The molecule has 6 unspecified atom stereocenters. The van der Waals surface area contributed by atoms with Crippen molar-refractivity contribution in [3.63, 3.8) is 0 Å². The summed E-state index contributed by atoms with van der Waals surface area (Å²) in [5, 5.41) is 20.7. The highest BCUT2D eigenvalue weighted by atomic mass is 19.1. The number of hydrogen-bond acceptors (Lipinski definition) is 3. The first-order valence-corrected chi connectivity index (χ1v) is 12.3.